The van der Waals surface area contributed by atoms with Gasteiger partial charge in [0.05, 0.1) is 5.52 Å². The summed E-state index contributed by atoms with van der Waals surface area (Å²) in [6.45, 7) is 2.13. The Morgan fingerprint density at radius 1 is 1.50 bits per heavy atom. The van der Waals surface area contributed by atoms with Crippen molar-refractivity contribution in [3.05, 3.63) is 29.8 Å². The fourth-order valence-corrected chi connectivity index (χ4v) is 3.00. The second kappa shape index (κ2) is 5.93. The molecule has 98 valence electrons. The number of imidazole rings is 1. The summed E-state index contributed by atoms with van der Waals surface area (Å²) in [5, 5.41) is 0. The number of thioether (sulfide) groups is 1. The van der Waals surface area contributed by atoms with Crippen LogP contribution in [0.5, 0.6) is 0 Å². The van der Waals surface area contributed by atoms with Gasteiger partial charge in [-0.3, -0.25) is 0 Å². The molecule has 1 aromatic heterocycles. The third-order valence-corrected chi connectivity index (χ3v) is 3.92. The van der Waals surface area contributed by atoms with E-state index in [1.54, 1.807) is 17.8 Å². The van der Waals surface area contributed by atoms with E-state index in [0.717, 1.165) is 17.1 Å². The first-order chi connectivity index (χ1) is 8.69. The van der Waals surface area contributed by atoms with Crippen LogP contribution in [0.25, 0.3) is 11.0 Å². The minimum atomic E-state index is -0.265. The Bertz CT molecular complexity index is 541. The molecule has 0 bridgehead atoms. The number of hydrogen-bond donors (Lipinski definition) is 0. The van der Waals surface area contributed by atoms with Crippen molar-refractivity contribution in [2.75, 3.05) is 17.9 Å². The average Bonchev–Trinajstić information content (AvgIpc) is 2.70. The summed E-state index contributed by atoms with van der Waals surface area (Å²) in [5.74, 6) is 2.07. The normalized spacial score (nSPS) is 13.1. The topological polar surface area (TPSA) is 17.8 Å². The summed E-state index contributed by atoms with van der Waals surface area (Å²) in [4.78, 5) is 4.40. The van der Waals surface area contributed by atoms with Crippen molar-refractivity contribution in [3.8, 4) is 0 Å². The summed E-state index contributed by atoms with van der Waals surface area (Å²) < 4.78 is 15.9. The zero-order chi connectivity index (χ0) is 13.1. The zero-order valence-electron chi connectivity index (χ0n) is 10.5. The van der Waals surface area contributed by atoms with Crippen LogP contribution in [0.1, 0.15) is 18.8 Å². The second-order valence-corrected chi connectivity index (χ2v) is 5.54. The maximum Gasteiger partial charge on any atom is 0.151 e. The quantitative estimate of drug-likeness (QED) is 0.776. The molecule has 0 saturated heterocycles. The number of alkyl halides is 1. The van der Waals surface area contributed by atoms with E-state index in [9.17, 15) is 4.39 Å². The predicted octanol–water partition coefficient (Wildman–Crippen LogP) is 3.88. The summed E-state index contributed by atoms with van der Waals surface area (Å²) in [6.07, 6.45) is 2.73. The van der Waals surface area contributed by atoms with Crippen molar-refractivity contribution < 1.29 is 4.39 Å². The molecule has 2 rings (SSSR count). The Morgan fingerprint density at radius 3 is 2.94 bits per heavy atom. The summed E-state index contributed by atoms with van der Waals surface area (Å²) in [7, 11) is 0. The maximum atomic E-state index is 13.8. The molecule has 2 aromatic rings. The zero-order valence-corrected chi connectivity index (χ0v) is 12.1. The van der Waals surface area contributed by atoms with Crippen molar-refractivity contribution in [3.63, 3.8) is 0 Å². The first-order valence-corrected chi connectivity index (χ1v) is 7.82. The minimum absolute atomic E-state index is 0.265. The lowest BCUT2D eigenvalue weighted by molar-refractivity contribution is 0.597. The van der Waals surface area contributed by atoms with Crippen LogP contribution < -0.4 is 0 Å². The highest BCUT2D eigenvalue weighted by Gasteiger charge is 2.17. The molecule has 1 atom stereocenters. The molecule has 2 nitrogen and oxygen atoms in total. The highest BCUT2D eigenvalue weighted by atomic mass is 35.5. The molecule has 0 aliphatic rings. The molecule has 1 heterocycles. The van der Waals surface area contributed by atoms with E-state index in [-0.39, 0.29) is 11.9 Å². The predicted molar refractivity (Wildman–Crippen MR) is 77.2 cm³/mol. The van der Waals surface area contributed by atoms with Crippen molar-refractivity contribution in [2.24, 2.45) is 0 Å². The van der Waals surface area contributed by atoms with Gasteiger partial charge in [0.2, 0.25) is 0 Å². The van der Waals surface area contributed by atoms with Crippen molar-refractivity contribution in [2.45, 2.75) is 19.4 Å². The largest absolute Gasteiger partial charge is 0.324 e. The fourth-order valence-electron chi connectivity index (χ4n) is 2.20. The van der Waals surface area contributed by atoms with Crippen LogP contribution in [0.15, 0.2) is 18.2 Å². The Labute approximate surface area is 116 Å². The third-order valence-electron chi connectivity index (χ3n) is 2.91. The number of halogens is 2. The highest BCUT2D eigenvalue weighted by molar-refractivity contribution is 7.98. The molecule has 0 fully saturated rings. The van der Waals surface area contributed by atoms with Gasteiger partial charge in [0, 0.05) is 24.1 Å². The first-order valence-electron chi connectivity index (χ1n) is 5.89. The molecule has 0 aliphatic heterocycles. The Hall–Kier alpha value is -0.740. The fraction of sp³-hybridized carbons (Fsp3) is 0.462. The lowest BCUT2D eigenvalue weighted by atomic mass is 10.3. The number of nitrogens with zero attached hydrogens (tertiary/aromatic N) is 2. The molecular formula is C13H16ClFN2S. The number of hydrogen-bond acceptors (Lipinski definition) is 2. The van der Waals surface area contributed by atoms with Crippen LogP contribution in [0, 0.1) is 5.82 Å². The van der Waals surface area contributed by atoms with Crippen LogP contribution >= 0.6 is 23.4 Å². The van der Waals surface area contributed by atoms with Gasteiger partial charge in [-0.15, -0.1) is 11.6 Å². The van der Waals surface area contributed by atoms with E-state index in [0.29, 0.717) is 17.8 Å². The first kappa shape index (κ1) is 13.7. The van der Waals surface area contributed by atoms with Gasteiger partial charge in [-0.25, -0.2) is 9.37 Å². The number of fused-ring (bicyclic) bond motifs is 1. The summed E-state index contributed by atoms with van der Waals surface area (Å²) >= 11 is 7.58. The summed E-state index contributed by atoms with van der Waals surface area (Å²) in [6, 6.07) is 5.38. The van der Waals surface area contributed by atoms with Gasteiger partial charge in [0.15, 0.2) is 5.82 Å². The smallest absolute Gasteiger partial charge is 0.151 e. The molecule has 5 heteroatoms. The van der Waals surface area contributed by atoms with E-state index in [4.69, 9.17) is 11.6 Å². The lowest BCUT2D eigenvalue weighted by Gasteiger charge is -2.16. The van der Waals surface area contributed by atoms with Crippen LogP contribution in [0.3, 0.4) is 0 Å². The highest BCUT2D eigenvalue weighted by Crippen LogP contribution is 2.25. The lowest BCUT2D eigenvalue weighted by Crippen LogP contribution is -2.12. The Kier molecular flexibility index (Phi) is 4.51. The number of rotatable bonds is 5. The van der Waals surface area contributed by atoms with Gasteiger partial charge < -0.3 is 4.57 Å². The molecule has 0 spiro atoms. The van der Waals surface area contributed by atoms with Gasteiger partial charge in [-0.2, -0.15) is 11.8 Å². The number of aryl methyl sites for hydroxylation is 1. The Balaban J connectivity index is 2.58. The van der Waals surface area contributed by atoms with Crippen molar-refractivity contribution in [1.82, 2.24) is 9.55 Å². The monoisotopic (exact) mass is 286 g/mol. The molecule has 18 heavy (non-hydrogen) atoms. The van der Waals surface area contributed by atoms with Gasteiger partial charge in [0.1, 0.15) is 11.3 Å². The van der Waals surface area contributed by atoms with Crippen molar-refractivity contribution >= 4 is 34.4 Å². The number of para-hydroxylation sites is 1. The molecule has 0 amide bonds. The molecule has 0 saturated carbocycles. The van der Waals surface area contributed by atoms with Crippen molar-refractivity contribution in [1.29, 1.82) is 0 Å². The second-order valence-electron chi connectivity index (χ2n) is 4.25. The minimum Gasteiger partial charge on any atom is -0.324 e. The van der Waals surface area contributed by atoms with E-state index in [2.05, 4.69) is 22.7 Å². The molecule has 0 N–H and O–H groups in total. The average molecular weight is 287 g/mol. The van der Waals surface area contributed by atoms with E-state index >= 15 is 0 Å². The maximum absolute atomic E-state index is 13.8. The molecular weight excluding hydrogens is 271 g/mol. The third kappa shape index (κ3) is 2.50. The molecule has 0 aliphatic carbocycles. The van der Waals surface area contributed by atoms with E-state index in [1.165, 1.54) is 6.07 Å². The van der Waals surface area contributed by atoms with Crippen LogP contribution in [0.2, 0.25) is 0 Å². The SMILES string of the molecule is CSCC(C)n1c(CCCl)nc2c(F)cccc21. The number of aromatic nitrogens is 2. The summed E-state index contributed by atoms with van der Waals surface area (Å²) in [5.41, 5.74) is 1.31. The van der Waals surface area contributed by atoms with Gasteiger partial charge in [0.25, 0.3) is 0 Å². The van der Waals surface area contributed by atoms with E-state index in [1.807, 2.05) is 6.07 Å². The van der Waals surface area contributed by atoms with Gasteiger partial charge in [-0.05, 0) is 25.3 Å². The van der Waals surface area contributed by atoms with Crippen LogP contribution in [0.4, 0.5) is 4.39 Å². The Morgan fingerprint density at radius 2 is 2.28 bits per heavy atom. The van der Waals surface area contributed by atoms with Crippen LogP contribution in [-0.2, 0) is 6.42 Å². The molecule has 1 aromatic carbocycles. The molecule has 0 radical (unpaired) electrons. The van der Waals surface area contributed by atoms with Crippen LogP contribution in [-0.4, -0.2) is 27.4 Å². The van der Waals surface area contributed by atoms with E-state index < -0.39 is 0 Å². The molecule has 1 unspecified atom stereocenters. The van der Waals surface area contributed by atoms with Gasteiger partial charge >= 0.3 is 0 Å². The van der Waals surface area contributed by atoms with Gasteiger partial charge in [-0.1, -0.05) is 6.07 Å². The standard InChI is InChI=1S/C13H16ClFN2S/c1-9(8-18-2)17-11-5-3-4-10(15)13(11)16-12(17)6-7-14/h3-5,9H,6-8H2,1-2H3. The number of benzene rings is 1.